The van der Waals surface area contributed by atoms with Gasteiger partial charge in [-0.2, -0.15) is 3.94 Å². The van der Waals surface area contributed by atoms with Crippen LogP contribution < -0.4 is 8.67 Å². The van der Waals surface area contributed by atoms with E-state index in [1.807, 2.05) is 0 Å². The third-order valence-corrected chi connectivity index (χ3v) is 2.00. The molecule has 0 aromatic heterocycles. The van der Waals surface area contributed by atoms with E-state index in [-0.39, 0.29) is 10.7 Å². The highest BCUT2D eigenvalue weighted by atomic mass is 35.5. The highest BCUT2D eigenvalue weighted by Crippen LogP contribution is 2.33. The van der Waals surface area contributed by atoms with Gasteiger partial charge >= 0.3 is 6.36 Å². The van der Waals surface area contributed by atoms with Crippen molar-refractivity contribution in [1.29, 1.82) is 0 Å². The molecule has 1 aromatic carbocycles. The fourth-order valence-electron chi connectivity index (χ4n) is 0.822. The molecule has 0 spiro atoms. The van der Waals surface area contributed by atoms with Crippen molar-refractivity contribution in [2.75, 3.05) is 3.94 Å². The van der Waals surface area contributed by atoms with Crippen LogP contribution in [0.1, 0.15) is 0 Å². The molecule has 0 aliphatic rings. The smallest absolute Gasteiger partial charge is 0.406 e. The Labute approximate surface area is 98.3 Å². The molecule has 1 aromatic rings. The molecule has 0 saturated heterocycles. The van der Waals surface area contributed by atoms with E-state index in [1.165, 1.54) is 6.07 Å². The summed E-state index contributed by atoms with van der Waals surface area (Å²) in [5, 5.41) is -0.0539. The summed E-state index contributed by atoms with van der Waals surface area (Å²) in [6.07, 6.45) is -4.76. The molecule has 0 saturated carbocycles. The van der Waals surface area contributed by atoms with Gasteiger partial charge in [-0.3, -0.25) is 0 Å². The van der Waals surface area contributed by atoms with E-state index in [0.29, 0.717) is 3.94 Å². The molecule has 0 bridgehead atoms. The van der Waals surface area contributed by atoms with Gasteiger partial charge in [0.1, 0.15) is 5.75 Å². The zero-order valence-corrected chi connectivity index (χ0v) is 9.12. The quantitative estimate of drug-likeness (QED) is 0.747. The molecule has 84 valence electrons. The van der Waals surface area contributed by atoms with Gasteiger partial charge in [0.2, 0.25) is 0 Å². The number of nitrogens with zero attached hydrogens (tertiary/aromatic N) is 1. The molecule has 0 aliphatic heterocycles. The minimum atomic E-state index is -4.76. The monoisotopic (exact) mass is 279 g/mol. The summed E-state index contributed by atoms with van der Waals surface area (Å²) < 4.78 is 39.7. The van der Waals surface area contributed by atoms with Crippen molar-refractivity contribution in [2.45, 2.75) is 6.36 Å². The Bertz CT molecular complexity index is 356. The number of alkyl halides is 3. The van der Waals surface area contributed by atoms with Crippen LogP contribution in [-0.2, 0) is 0 Å². The molecule has 0 N–H and O–H groups in total. The molecule has 0 amide bonds. The zero-order chi connectivity index (χ0) is 11.6. The summed E-state index contributed by atoms with van der Waals surface area (Å²) >= 11 is 16.3. The second-order valence-corrected chi connectivity index (χ2v) is 3.65. The minimum absolute atomic E-state index is 0.0539. The van der Waals surface area contributed by atoms with Crippen molar-refractivity contribution in [2.24, 2.45) is 0 Å². The molecule has 0 heterocycles. The third-order valence-electron chi connectivity index (χ3n) is 1.33. The van der Waals surface area contributed by atoms with Crippen molar-refractivity contribution in [3.63, 3.8) is 0 Å². The van der Waals surface area contributed by atoms with Gasteiger partial charge < -0.3 is 4.74 Å². The van der Waals surface area contributed by atoms with Crippen molar-refractivity contribution < 1.29 is 17.9 Å². The topological polar surface area (TPSA) is 12.5 Å². The first-order valence-electron chi connectivity index (χ1n) is 3.46. The summed E-state index contributed by atoms with van der Waals surface area (Å²) in [5.41, 5.74) is 0.162. The number of halogens is 6. The van der Waals surface area contributed by atoms with Gasteiger partial charge in [0, 0.05) is 29.6 Å². The molecule has 0 radical (unpaired) electrons. The Morgan fingerprint density at radius 3 is 2.20 bits per heavy atom. The number of hydrogen-bond acceptors (Lipinski definition) is 2. The Hall–Kier alpha value is -0.520. The van der Waals surface area contributed by atoms with Gasteiger partial charge in [0.05, 0.1) is 10.7 Å². The predicted molar refractivity (Wildman–Crippen MR) is 52.3 cm³/mol. The van der Waals surface area contributed by atoms with E-state index in [0.717, 1.165) is 12.1 Å². The molecule has 15 heavy (non-hydrogen) atoms. The lowest BCUT2D eigenvalue weighted by molar-refractivity contribution is -0.274. The average Bonchev–Trinajstić information content (AvgIpc) is 1.99. The van der Waals surface area contributed by atoms with Gasteiger partial charge in [0.15, 0.2) is 0 Å². The molecule has 0 aliphatic carbocycles. The number of benzene rings is 1. The van der Waals surface area contributed by atoms with Gasteiger partial charge in [-0.25, -0.2) is 0 Å². The Kier molecular flexibility index (Phi) is 3.81. The van der Waals surface area contributed by atoms with Crippen LogP contribution in [0.15, 0.2) is 18.2 Å². The zero-order valence-electron chi connectivity index (χ0n) is 6.86. The van der Waals surface area contributed by atoms with Crippen LogP contribution in [0.5, 0.6) is 5.75 Å². The van der Waals surface area contributed by atoms with E-state index < -0.39 is 12.1 Å². The fraction of sp³-hybridized carbons (Fsp3) is 0.143. The highest BCUT2D eigenvalue weighted by Gasteiger charge is 2.31. The van der Waals surface area contributed by atoms with Gasteiger partial charge in [-0.15, -0.1) is 13.2 Å². The maximum atomic E-state index is 11.8. The van der Waals surface area contributed by atoms with E-state index >= 15 is 0 Å². The Morgan fingerprint density at radius 1 is 1.20 bits per heavy atom. The minimum Gasteiger partial charge on any atom is -0.406 e. The van der Waals surface area contributed by atoms with Crippen LogP contribution in [0.4, 0.5) is 18.9 Å². The maximum absolute atomic E-state index is 11.8. The van der Waals surface area contributed by atoms with Crippen LogP contribution >= 0.6 is 35.2 Å². The lowest BCUT2D eigenvalue weighted by atomic mass is 10.3. The first-order chi connectivity index (χ1) is 6.79. The summed E-state index contributed by atoms with van der Waals surface area (Å²) in [5.74, 6) is -0.438. The summed E-state index contributed by atoms with van der Waals surface area (Å²) in [4.78, 5) is 0. The fourth-order valence-corrected chi connectivity index (χ4v) is 1.46. The molecule has 0 unspecified atom stereocenters. The van der Waals surface area contributed by atoms with E-state index in [1.54, 1.807) is 0 Å². The molecule has 0 atom stereocenters. The van der Waals surface area contributed by atoms with Gasteiger partial charge in [0.25, 0.3) is 0 Å². The Balaban J connectivity index is 2.92. The largest absolute Gasteiger partial charge is 0.573 e. The number of hydrogen-bond donors (Lipinski definition) is 0. The van der Waals surface area contributed by atoms with Crippen LogP contribution in [-0.4, -0.2) is 6.36 Å². The molecule has 8 heteroatoms. The molecule has 1 rings (SSSR count). The molecular formula is C7H3Cl3F3NO. The second-order valence-electron chi connectivity index (χ2n) is 2.39. The van der Waals surface area contributed by atoms with Crippen LogP contribution in [0.2, 0.25) is 5.02 Å². The van der Waals surface area contributed by atoms with Crippen LogP contribution in [0, 0.1) is 0 Å². The van der Waals surface area contributed by atoms with E-state index in [4.69, 9.17) is 35.2 Å². The van der Waals surface area contributed by atoms with Crippen molar-refractivity contribution >= 4 is 40.8 Å². The number of anilines is 1. The predicted octanol–water partition coefficient (Wildman–Crippen LogP) is 4.35. The van der Waals surface area contributed by atoms with Crippen molar-refractivity contribution in [3.8, 4) is 5.75 Å². The molecule has 2 nitrogen and oxygen atoms in total. The average molecular weight is 280 g/mol. The van der Waals surface area contributed by atoms with Gasteiger partial charge in [-0.1, -0.05) is 11.6 Å². The number of ether oxygens (including phenoxy) is 1. The normalized spacial score (nSPS) is 11.3. The Morgan fingerprint density at radius 2 is 1.80 bits per heavy atom. The lowest BCUT2D eigenvalue weighted by Crippen LogP contribution is -2.17. The first kappa shape index (κ1) is 12.5. The van der Waals surface area contributed by atoms with E-state index in [2.05, 4.69) is 4.74 Å². The standard InChI is InChI=1S/C7H3Cl3F3NO/c8-5-3-4(15-7(11,12)13)1-2-6(5)14(9)10/h1-3H. The third kappa shape index (κ3) is 3.85. The van der Waals surface area contributed by atoms with Gasteiger partial charge in [-0.05, 0) is 12.1 Å². The SMILES string of the molecule is FC(F)(F)Oc1ccc(N(Cl)Cl)c(Cl)c1. The number of rotatable bonds is 2. The van der Waals surface area contributed by atoms with Crippen molar-refractivity contribution in [3.05, 3.63) is 23.2 Å². The first-order valence-corrected chi connectivity index (χ1v) is 4.52. The highest BCUT2D eigenvalue weighted by molar-refractivity contribution is 6.51. The van der Waals surface area contributed by atoms with Crippen molar-refractivity contribution in [1.82, 2.24) is 0 Å². The van der Waals surface area contributed by atoms with E-state index in [9.17, 15) is 13.2 Å². The maximum Gasteiger partial charge on any atom is 0.573 e. The molecule has 0 fully saturated rings. The summed E-state index contributed by atoms with van der Waals surface area (Å²) in [6.45, 7) is 0. The molecular weight excluding hydrogens is 277 g/mol. The van der Waals surface area contributed by atoms with Crippen LogP contribution in [0.3, 0.4) is 0 Å². The second kappa shape index (κ2) is 4.55. The summed E-state index contributed by atoms with van der Waals surface area (Å²) in [6, 6.07) is 3.21. The van der Waals surface area contributed by atoms with Crippen LogP contribution in [0.25, 0.3) is 0 Å². The summed E-state index contributed by atoms with van der Waals surface area (Å²) in [7, 11) is 0. The lowest BCUT2D eigenvalue weighted by Gasteiger charge is -2.12.